The number of allylic oxidation sites excluding steroid dienone is 1. The van der Waals surface area contributed by atoms with Gasteiger partial charge in [-0.1, -0.05) is 58.4 Å². The first kappa shape index (κ1) is 23.6. The van der Waals surface area contributed by atoms with Gasteiger partial charge in [0, 0.05) is 18.6 Å². The summed E-state index contributed by atoms with van der Waals surface area (Å²) in [4.78, 5) is 0. The van der Waals surface area contributed by atoms with E-state index in [1.165, 1.54) is 38.5 Å². The van der Waals surface area contributed by atoms with Gasteiger partial charge in [0.15, 0.2) is 5.79 Å². The molecule has 0 aromatic heterocycles. The Morgan fingerprint density at radius 1 is 1.00 bits per heavy atom. The summed E-state index contributed by atoms with van der Waals surface area (Å²) in [6.45, 7) is 18.2. The summed E-state index contributed by atoms with van der Waals surface area (Å²) in [5.41, 5.74) is -0.0518. The van der Waals surface area contributed by atoms with Crippen LogP contribution in [-0.4, -0.2) is 31.7 Å². The monoisotopic (exact) mass is 342 g/mol. The lowest BCUT2D eigenvalue weighted by atomic mass is 9.74. The third-order valence-corrected chi connectivity index (χ3v) is 4.97. The van der Waals surface area contributed by atoms with Gasteiger partial charge in [0.05, 0.1) is 12.7 Å². The Kier molecular flexibility index (Phi) is 12.7. The molecule has 3 nitrogen and oxygen atoms in total. The Hall–Kier alpha value is -0.380. The molecule has 0 aromatic rings. The summed E-state index contributed by atoms with van der Waals surface area (Å²) in [5.74, 6) is -0.541. The highest BCUT2D eigenvalue weighted by atomic mass is 16.7. The third kappa shape index (κ3) is 7.67. The second-order valence-electron chi connectivity index (χ2n) is 6.98. The number of rotatable bonds is 13. The smallest absolute Gasteiger partial charge is 0.173 e. The molecular weight excluding hydrogens is 300 g/mol. The maximum Gasteiger partial charge on any atom is 0.173 e. The van der Waals surface area contributed by atoms with E-state index in [1.54, 1.807) is 6.08 Å². The van der Waals surface area contributed by atoms with Crippen LogP contribution in [0, 0.1) is 5.41 Å². The van der Waals surface area contributed by atoms with Gasteiger partial charge in [-0.05, 0) is 34.1 Å². The largest absolute Gasteiger partial charge is 0.372 e. The van der Waals surface area contributed by atoms with Crippen LogP contribution in [0.5, 0.6) is 0 Å². The number of ether oxygens (including phenoxy) is 3. The third-order valence-electron chi connectivity index (χ3n) is 4.97. The lowest BCUT2D eigenvalue weighted by Gasteiger charge is -2.45. The predicted molar refractivity (Wildman–Crippen MR) is 103 cm³/mol. The van der Waals surface area contributed by atoms with Crippen molar-refractivity contribution in [1.82, 2.24) is 0 Å². The molecule has 1 rings (SSSR count). The molecule has 2 atom stereocenters. The minimum absolute atomic E-state index is 0.0518. The summed E-state index contributed by atoms with van der Waals surface area (Å²) < 4.78 is 17.7. The van der Waals surface area contributed by atoms with E-state index in [2.05, 4.69) is 27.4 Å². The maximum atomic E-state index is 6.03. The molecule has 2 unspecified atom stereocenters. The molecule has 0 saturated carbocycles. The van der Waals surface area contributed by atoms with Gasteiger partial charge in [0.2, 0.25) is 0 Å². The Balaban J connectivity index is 0.00000163. The fourth-order valence-electron chi connectivity index (χ4n) is 3.29. The van der Waals surface area contributed by atoms with Crippen molar-refractivity contribution in [2.24, 2.45) is 5.41 Å². The molecular formula is C21H42O3. The minimum Gasteiger partial charge on any atom is -0.372 e. The van der Waals surface area contributed by atoms with E-state index >= 15 is 0 Å². The number of hydrogen-bond donors (Lipinski definition) is 0. The highest BCUT2D eigenvalue weighted by Gasteiger charge is 2.56. The molecule has 0 radical (unpaired) electrons. The predicted octanol–water partition coefficient (Wildman–Crippen LogP) is 6.12. The molecule has 24 heavy (non-hydrogen) atoms. The van der Waals surface area contributed by atoms with Gasteiger partial charge < -0.3 is 14.2 Å². The van der Waals surface area contributed by atoms with Crippen molar-refractivity contribution in [2.45, 2.75) is 98.4 Å². The van der Waals surface area contributed by atoms with Crippen LogP contribution in [0.15, 0.2) is 12.7 Å². The van der Waals surface area contributed by atoms with Crippen molar-refractivity contribution in [2.75, 3.05) is 19.8 Å². The van der Waals surface area contributed by atoms with Gasteiger partial charge in [-0.15, -0.1) is 6.58 Å². The molecule has 0 aromatic carbocycles. The standard InChI is InChI=1S/C18H36O3.C3H6/c1-6-9-10-11-12-13-14-17(4,16-15-19-16)18(5,20-7-2)21-8-3;1-3-2/h16H,6-15H2,1-5H3;3H,1H2,2H3. The molecule has 0 aliphatic carbocycles. The van der Waals surface area contributed by atoms with Crippen molar-refractivity contribution >= 4 is 0 Å². The minimum atomic E-state index is -0.541. The Morgan fingerprint density at radius 2 is 1.46 bits per heavy atom. The van der Waals surface area contributed by atoms with Crippen LogP contribution < -0.4 is 0 Å². The zero-order valence-corrected chi connectivity index (χ0v) is 17.2. The van der Waals surface area contributed by atoms with Gasteiger partial charge in [-0.25, -0.2) is 0 Å². The zero-order chi connectivity index (χ0) is 18.5. The van der Waals surface area contributed by atoms with Crippen LogP contribution in [0.2, 0.25) is 0 Å². The summed E-state index contributed by atoms with van der Waals surface area (Å²) in [7, 11) is 0. The summed E-state index contributed by atoms with van der Waals surface area (Å²) in [6.07, 6.45) is 11.1. The average Bonchev–Trinajstić information content (AvgIpc) is 3.37. The summed E-state index contributed by atoms with van der Waals surface area (Å²) in [6, 6.07) is 0. The molecule has 0 amide bonds. The average molecular weight is 343 g/mol. The Labute approximate surface area is 151 Å². The van der Waals surface area contributed by atoms with Crippen LogP contribution in [0.1, 0.15) is 86.5 Å². The molecule has 0 spiro atoms. The first-order valence-electron chi connectivity index (χ1n) is 9.92. The Morgan fingerprint density at radius 3 is 1.88 bits per heavy atom. The molecule has 1 fully saturated rings. The molecule has 1 aliphatic heterocycles. The van der Waals surface area contributed by atoms with E-state index in [-0.39, 0.29) is 11.5 Å². The number of unbranched alkanes of at least 4 members (excludes halogenated alkanes) is 5. The van der Waals surface area contributed by atoms with Crippen LogP contribution in [0.3, 0.4) is 0 Å². The molecule has 0 bridgehead atoms. The highest BCUT2D eigenvalue weighted by molar-refractivity contribution is 4.99. The van der Waals surface area contributed by atoms with Crippen molar-refractivity contribution in [3.8, 4) is 0 Å². The van der Waals surface area contributed by atoms with Gasteiger partial charge in [0.1, 0.15) is 0 Å². The first-order chi connectivity index (χ1) is 11.5. The van der Waals surface area contributed by atoms with Crippen molar-refractivity contribution in [3.63, 3.8) is 0 Å². The zero-order valence-electron chi connectivity index (χ0n) is 17.2. The number of epoxide rings is 1. The van der Waals surface area contributed by atoms with E-state index in [0.29, 0.717) is 13.2 Å². The summed E-state index contributed by atoms with van der Waals surface area (Å²) in [5, 5.41) is 0. The lowest BCUT2D eigenvalue weighted by Crippen LogP contribution is -2.52. The van der Waals surface area contributed by atoms with Gasteiger partial charge in [0.25, 0.3) is 0 Å². The van der Waals surface area contributed by atoms with Crippen LogP contribution in [0.25, 0.3) is 0 Å². The Bertz CT molecular complexity index is 306. The lowest BCUT2D eigenvalue weighted by molar-refractivity contribution is -0.288. The van der Waals surface area contributed by atoms with E-state index in [4.69, 9.17) is 14.2 Å². The maximum absolute atomic E-state index is 6.03. The van der Waals surface area contributed by atoms with Gasteiger partial charge in [-0.2, -0.15) is 0 Å². The van der Waals surface area contributed by atoms with E-state index in [1.807, 2.05) is 20.8 Å². The van der Waals surface area contributed by atoms with E-state index in [9.17, 15) is 0 Å². The SMILES string of the molecule is C=CC.CCCCCCCCC(C)(C1CO1)C(C)(OCC)OCC. The van der Waals surface area contributed by atoms with Crippen LogP contribution >= 0.6 is 0 Å². The molecule has 1 saturated heterocycles. The normalized spacial score (nSPS) is 19.2. The highest BCUT2D eigenvalue weighted by Crippen LogP contribution is 2.48. The van der Waals surface area contributed by atoms with Crippen LogP contribution in [-0.2, 0) is 14.2 Å². The van der Waals surface area contributed by atoms with Gasteiger partial charge in [-0.3, -0.25) is 0 Å². The second kappa shape index (κ2) is 12.9. The second-order valence-corrected chi connectivity index (χ2v) is 6.98. The molecule has 144 valence electrons. The number of hydrogen-bond acceptors (Lipinski definition) is 3. The fraction of sp³-hybridized carbons (Fsp3) is 0.905. The summed E-state index contributed by atoms with van der Waals surface area (Å²) >= 11 is 0. The van der Waals surface area contributed by atoms with Gasteiger partial charge >= 0.3 is 0 Å². The molecule has 0 N–H and O–H groups in total. The van der Waals surface area contributed by atoms with Crippen molar-refractivity contribution in [1.29, 1.82) is 0 Å². The van der Waals surface area contributed by atoms with Crippen molar-refractivity contribution < 1.29 is 14.2 Å². The fourth-order valence-corrected chi connectivity index (χ4v) is 3.29. The van der Waals surface area contributed by atoms with E-state index in [0.717, 1.165) is 13.0 Å². The van der Waals surface area contributed by atoms with Crippen molar-refractivity contribution in [3.05, 3.63) is 12.7 Å². The van der Waals surface area contributed by atoms with Crippen LogP contribution in [0.4, 0.5) is 0 Å². The molecule has 1 heterocycles. The molecule has 3 heteroatoms. The first-order valence-corrected chi connectivity index (χ1v) is 9.92. The topological polar surface area (TPSA) is 31.0 Å². The quantitative estimate of drug-likeness (QED) is 0.175. The molecule has 1 aliphatic rings. The van der Waals surface area contributed by atoms with E-state index < -0.39 is 5.79 Å².